The van der Waals surface area contributed by atoms with E-state index in [-0.39, 0.29) is 5.82 Å². The first-order valence-corrected chi connectivity index (χ1v) is 4.99. The predicted molar refractivity (Wildman–Crippen MR) is 57.7 cm³/mol. The molecular weight excluding hydrogens is 284 g/mol. The largest absolute Gasteiger partial charge is 0.391 e. The summed E-state index contributed by atoms with van der Waals surface area (Å²) < 4.78 is 13.6. The van der Waals surface area contributed by atoms with Crippen LogP contribution in [0.5, 0.6) is 0 Å². The zero-order chi connectivity index (χ0) is 10.0. The van der Waals surface area contributed by atoms with Crippen molar-refractivity contribution in [1.82, 2.24) is 0 Å². The van der Waals surface area contributed by atoms with E-state index in [1.807, 2.05) is 22.6 Å². The lowest BCUT2D eigenvalue weighted by atomic mass is 10.0. The summed E-state index contributed by atoms with van der Waals surface area (Å²) in [5, 5.41) is 9.19. The van der Waals surface area contributed by atoms with Gasteiger partial charge in [-0.05, 0) is 47.2 Å². The van der Waals surface area contributed by atoms with Gasteiger partial charge in [0.25, 0.3) is 0 Å². The standard InChI is InChI=1S/C9H11FINO/c1-5(13)9(12)6-2-3-8(11)7(10)4-6/h2-5,9,13H,12H2,1H3/t5-,9-/m1/s1. The van der Waals surface area contributed by atoms with Crippen molar-refractivity contribution in [1.29, 1.82) is 0 Å². The first-order chi connectivity index (χ1) is 6.02. The van der Waals surface area contributed by atoms with E-state index in [1.165, 1.54) is 6.07 Å². The summed E-state index contributed by atoms with van der Waals surface area (Å²) in [6, 6.07) is 4.21. The Morgan fingerprint density at radius 3 is 2.62 bits per heavy atom. The maximum Gasteiger partial charge on any atom is 0.136 e. The molecule has 0 aliphatic heterocycles. The summed E-state index contributed by atoms with van der Waals surface area (Å²) in [4.78, 5) is 0. The Balaban J connectivity index is 2.97. The molecule has 72 valence electrons. The predicted octanol–water partition coefficient (Wildman–Crippen LogP) is 1.81. The van der Waals surface area contributed by atoms with Gasteiger partial charge in [-0.25, -0.2) is 4.39 Å². The number of benzene rings is 1. The van der Waals surface area contributed by atoms with Crippen LogP contribution in [-0.2, 0) is 0 Å². The molecule has 1 aromatic carbocycles. The third-order valence-corrected chi connectivity index (χ3v) is 2.72. The molecule has 1 rings (SSSR count). The zero-order valence-corrected chi connectivity index (χ0v) is 9.32. The third kappa shape index (κ3) is 2.62. The van der Waals surface area contributed by atoms with Crippen LogP contribution in [0.3, 0.4) is 0 Å². The van der Waals surface area contributed by atoms with Gasteiger partial charge in [-0.2, -0.15) is 0 Å². The van der Waals surface area contributed by atoms with Gasteiger partial charge < -0.3 is 10.8 Å². The van der Waals surface area contributed by atoms with Crippen LogP contribution >= 0.6 is 22.6 Å². The van der Waals surface area contributed by atoms with Crippen molar-refractivity contribution >= 4 is 22.6 Å². The van der Waals surface area contributed by atoms with E-state index in [9.17, 15) is 9.50 Å². The van der Waals surface area contributed by atoms with Gasteiger partial charge in [-0.3, -0.25) is 0 Å². The van der Waals surface area contributed by atoms with Gasteiger partial charge in [0.05, 0.1) is 12.1 Å². The monoisotopic (exact) mass is 295 g/mol. The van der Waals surface area contributed by atoms with Crippen LogP contribution in [0, 0.1) is 9.39 Å². The Morgan fingerprint density at radius 1 is 1.54 bits per heavy atom. The lowest BCUT2D eigenvalue weighted by molar-refractivity contribution is 0.164. The van der Waals surface area contributed by atoms with Gasteiger partial charge in [-0.15, -0.1) is 0 Å². The highest BCUT2D eigenvalue weighted by atomic mass is 127. The average molecular weight is 295 g/mol. The fraction of sp³-hybridized carbons (Fsp3) is 0.333. The van der Waals surface area contributed by atoms with E-state index in [1.54, 1.807) is 19.1 Å². The van der Waals surface area contributed by atoms with Gasteiger partial charge in [0.1, 0.15) is 5.82 Å². The molecule has 0 unspecified atom stereocenters. The Kier molecular flexibility index (Phi) is 3.63. The van der Waals surface area contributed by atoms with Crippen LogP contribution in [0.15, 0.2) is 18.2 Å². The second kappa shape index (κ2) is 4.34. The van der Waals surface area contributed by atoms with Crippen LogP contribution in [0.2, 0.25) is 0 Å². The minimum atomic E-state index is -0.667. The van der Waals surface area contributed by atoms with Crippen molar-refractivity contribution in [2.24, 2.45) is 5.73 Å². The molecule has 2 atom stereocenters. The highest BCUT2D eigenvalue weighted by Gasteiger charge is 2.13. The summed E-state index contributed by atoms with van der Waals surface area (Å²) in [5.74, 6) is -0.297. The van der Waals surface area contributed by atoms with Crippen molar-refractivity contribution in [2.45, 2.75) is 19.1 Å². The number of hydrogen-bond donors (Lipinski definition) is 2. The molecule has 0 aromatic heterocycles. The molecule has 3 N–H and O–H groups in total. The SMILES string of the molecule is C[C@@H](O)[C@@H](N)c1ccc(I)c(F)c1. The molecule has 0 heterocycles. The number of aliphatic hydroxyl groups excluding tert-OH is 1. The molecule has 1 aromatic rings. The molecule has 0 bridgehead atoms. The average Bonchev–Trinajstić information content (AvgIpc) is 2.08. The summed E-state index contributed by atoms with van der Waals surface area (Å²) in [6.07, 6.45) is -0.667. The van der Waals surface area contributed by atoms with Crippen molar-refractivity contribution in [2.75, 3.05) is 0 Å². The molecule has 0 fully saturated rings. The van der Waals surface area contributed by atoms with E-state index in [0.717, 1.165) is 0 Å². The van der Waals surface area contributed by atoms with Crippen LogP contribution in [-0.4, -0.2) is 11.2 Å². The molecule has 13 heavy (non-hydrogen) atoms. The number of hydrogen-bond acceptors (Lipinski definition) is 2. The Hall–Kier alpha value is -0.200. The molecule has 0 saturated heterocycles. The Labute approximate surface area is 90.1 Å². The minimum absolute atomic E-state index is 0.297. The van der Waals surface area contributed by atoms with E-state index in [4.69, 9.17) is 5.73 Å². The Bertz CT molecular complexity index is 304. The fourth-order valence-electron chi connectivity index (χ4n) is 0.998. The van der Waals surface area contributed by atoms with Gasteiger partial charge in [0, 0.05) is 3.57 Å². The number of rotatable bonds is 2. The molecule has 2 nitrogen and oxygen atoms in total. The second-order valence-corrected chi connectivity index (χ2v) is 4.10. The summed E-state index contributed by atoms with van der Waals surface area (Å²) in [6.45, 7) is 1.58. The highest BCUT2D eigenvalue weighted by Crippen LogP contribution is 2.18. The smallest absolute Gasteiger partial charge is 0.136 e. The van der Waals surface area contributed by atoms with Crippen molar-refractivity contribution < 1.29 is 9.50 Å². The van der Waals surface area contributed by atoms with Crippen molar-refractivity contribution in [3.05, 3.63) is 33.1 Å². The van der Waals surface area contributed by atoms with Crippen LogP contribution < -0.4 is 5.73 Å². The maximum atomic E-state index is 13.1. The van der Waals surface area contributed by atoms with Gasteiger partial charge in [0.2, 0.25) is 0 Å². The third-order valence-electron chi connectivity index (χ3n) is 1.85. The van der Waals surface area contributed by atoms with Crippen LogP contribution in [0.1, 0.15) is 18.5 Å². The highest BCUT2D eigenvalue weighted by molar-refractivity contribution is 14.1. The van der Waals surface area contributed by atoms with E-state index in [0.29, 0.717) is 9.13 Å². The lowest BCUT2D eigenvalue weighted by Crippen LogP contribution is -2.23. The molecule has 0 aliphatic carbocycles. The number of halogens is 2. The molecule has 0 radical (unpaired) electrons. The summed E-state index contributed by atoms with van der Waals surface area (Å²) >= 11 is 1.90. The normalized spacial score (nSPS) is 15.5. The number of aliphatic hydroxyl groups is 1. The number of nitrogens with two attached hydrogens (primary N) is 1. The maximum absolute atomic E-state index is 13.1. The zero-order valence-electron chi connectivity index (χ0n) is 7.17. The molecular formula is C9H11FINO. The lowest BCUT2D eigenvalue weighted by Gasteiger charge is -2.15. The summed E-state index contributed by atoms with van der Waals surface area (Å²) in [5.41, 5.74) is 6.26. The minimum Gasteiger partial charge on any atom is -0.391 e. The van der Waals surface area contributed by atoms with Crippen molar-refractivity contribution in [3.63, 3.8) is 0 Å². The quantitative estimate of drug-likeness (QED) is 0.817. The van der Waals surface area contributed by atoms with E-state index in [2.05, 4.69) is 0 Å². The molecule has 0 aliphatic rings. The van der Waals surface area contributed by atoms with Crippen LogP contribution in [0.4, 0.5) is 4.39 Å². The van der Waals surface area contributed by atoms with Crippen LogP contribution in [0.25, 0.3) is 0 Å². The van der Waals surface area contributed by atoms with Gasteiger partial charge >= 0.3 is 0 Å². The first-order valence-electron chi connectivity index (χ1n) is 3.91. The molecule has 0 amide bonds. The van der Waals surface area contributed by atoms with Crippen molar-refractivity contribution in [3.8, 4) is 0 Å². The molecule has 4 heteroatoms. The molecule has 0 saturated carbocycles. The van der Waals surface area contributed by atoms with E-state index >= 15 is 0 Å². The summed E-state index contributed by atoms with van der Waals surface area (Å²) in [7, 11) is 0. The molecule has 0 spiro atoms. The second-order valence-electron chi connectivity index (χ2n) is 2.94. The van der Waals surface area contributed by atoms with E-state index < -0.39 is 12.1 Å². The fourth-order valence-corrected chi connectivity index (χ4v) is 1.33. The van der Waals surface area contributed by atoms with Gasteiger partial charge in [0.15, 0.2) is 0 Å². The van der Waals surface area contributed by atoms with Gasteiger partial charge in [-0.1, -0.05) is 6.07 Å². The first kappa shape index (κ1) is 10.9. The Morgan fingerprint density at radius 2 is 2.15 bits per heavy atom. The topological polar surface area (TPSA) is 46.2 Å².